The van der Waals surface area contributed by atoms with E-state index in [2.05, 4.69) is 0 Å². The van der Waals surface area contributed by atoms with Gasteiger partial charge in [-0.25, -0.2) is 0 Å². The molecule has 22 heavy (non-hydrogen) atoms. The number of aliphatic hydroxyl groups is 1. The molecular formula is C18H19NO3. The summed E-state index contributed by atoms with van der Waals surface area (Å²) in [4.78, 5) is 14.3. The second kappa shape index (κ2) is 6.73. The minimum absolute atomic E-state index is 0.161. The lowest BCUT2D eigenvalue weighted by molar-refractivity contribution is -0.164. The van der Waals surface area contributed by atoms with Gasteiger partial charge in [0.2, 0.25) is 0 Å². The van der Waals surface area contributed by atoms with E-state index in [0.717, 1.165) is 5.56 Å². The number of rotatable bonds is 4. The van der Waals surface area contributed by atoms with E-state index in [4.69, 9.17) is 4.74 Å². The highest BCUT2D eigenvalue weighted by Crippen LogP contribution is 2.24. The van der Waals surface area contributed by atoms with Crippen molar-refractivity contribution in [3.8, 4) is 0 Å². The molecule has 2 atom stereocenters. The molecule has 0 spiro atoms. The summed E-state index contributed by atoms with van der Waals surface area (Å²) in [5, 5.41) is 10.4. The van der Waals surface area contributed by atoms with Crippen LogP contribution in [0.5, 0.6) is 0 Å². The molecule has 0 unspecified atom stereocenters. The van der Waals surface area contributed by atoms with E-state index in [1.807, 2.05) is 48.5 Å². The fourth-order valence-corrected chi connectivity index (χ4v) is 2.66. The molecule has 3 rings (SSSR count). The van der Waals surface area contributed by atoms with E-state index >= 15 is 0 Å². The van der Waals surface area contributed by atoms with Crippen LogP contribution in [0, 0.1) is 0 Å². The van der Waals surface area contributed by atoms with Gasteiger partial charge in [-0.3, -0.25) is 4.79 Å². The zero-order valence-corrected chi connectivity index (χ0v) is 12.3. The van der Waals surface area contributed by atoms with Gasteiger partial charge in [0.25, 0.3) is 5.91 Å². The number of nitrogens with zero attached hydrogens (tertiary/aromatic N) is 1. The van der Waals surface area contributed by atoms with Crippen LogP contribution < -0.4 is 0 Å². The maximum absolute atomic E-state index is 12.6. The smallest absolute Gasteiger partial charge is 0.255 e. The third kappa shape index (κ3) is 3.18. The first kappa shape index (κ1) is 14.8. The number of ether oxygens (including phenoxy) is 1. The van der Waals surface area contributed by atoms with Gasteiger partial charge in [-0.1, -0.05) is 60.7 Å². The molecule has 114 valence electrons. The van der Waals surface area contributed by atoms with Gasteiger partial charge in [0.15, 0.2) is 6.10 Å². The first-order valence-corrected chi connectivity index (χ1v) is 7.43. The number of aliphatic hydroxyl groups excluding tert-OH is 1. The fourth-order valence-electron chi connectivity index (χ4n) is 2.66. The molecule has 1 N–H and O–H groups in total. The van der Waals surface area contributed by atoms with E-state index < -0.39 is 12.2 Å². The lowest BCUT2D eigenvalue weighted by atomic mass is 10.0. The molecule has 4 nitrogen and oxygen atoms in total. The van der Waals surface area contributed by atoms with Gasteiger partial charge in [-0.05, 0) is 11.1 Å². The SMILES string of the molecule is O=C1[C@@H]([C@H](O)c2ccccc2)OCCN1Cc1ccccc1. The summed E-state index contributed by atoms with van der Waals surface area (Å²) in [6, 6.07) is 19.0. The average molecular weight is 297 g/mol. The summed E-state index contributed by atoms with van der Waals surface area (Å²) in [6.45, 7) is 1.53. The van der Waals surface area contributed by atoms with Gasteiger partial charge in [0.05, 0.1) is 6.61 Å². The van der Waals surface area contributed by atoms with Crippen LogP contribution >= 0.6 is 0 Å². The predicted octanol–water partition coefficient (Wildman–Crippen LogP) is 2.15. The zero-order chi connectivity index (χ0) is 15.4. The van der Waals surface area contributed by atoms with Crippen molar-refractivity contribution in [1.29, 1.82) is 0 Å². The molecule has 2 aromatic rings. The van der Waals surface area contributed by atoms with Crippen molar-refractivity contribution < 1.29 is 14.6 Å². The molecule has 1 saturated heterocycles. The van der Waals surface area contributed by atoms with Crippen molar-refractivity contribution >= 4 is 5.91 Å². The maximum Gasteiger partial charge on any atom is 0.255 e. The largest absolute Gasteiger partial charge is 0.385 e. The summed E-state index contributed by atoms with van der Waals surface area (Å²) in [6.07, 6.45) is -1.77. The van der Waals surface area contributed by atoms with Crippen LogP contribution in [0.25, 0.3) is 0 Å². The second-order valence-corrected chi connectivity index (χ2v) is 5.39. The summed E-state index contributed by atoms with van der Waals surface area (Å²) < 4.78 is 5.53. The van der Waals surface area contributed by atoms with Gasteiger partial charge in [-0.2, -0.15) is 0 Å². The van der Waals surface area contributed by atoms with Crippen molar-refractivity contribution in [3.05, 3.63) is 71.8 Å². The predicted molar refractivity (Wildman–Crippen MR) is 83.0 cm³/mol. The minimum Gasteiger partial charge on any atom is -0.385 e. The number of morpholine rings is 1. The quantitative estimate of drug-likeness (QED) is 0.940. The Morgan fingerprint density at radius 3 is 2.41 bits per heavy atom. The molecular weight excluding hydrogens is 278 g/mol. The molecule has 0 bridgehead atoms. The Labute approximate surface area is 130 Å². The standard InChI is InChI=1S/C18H19NO3/c20-16(15-9-5-2-6-10-15)17-18(21)19(11-12-22-17)13-14-7-3-1-4-8-14/h1-10,16-17,20H,11-13H2/t16-,17-/m1/s1. The van der Waals surface area contributed by atoms with Crippen molar-refractivity contribution in [2.24, 2.45) is 0 Å². The van der Waals surface area contributed by atoms with Crippen LogP contribution in [0.4, 0.5) is 0 Å². The fraction of sp³-hybridized carbons (Fsp3) is 0.278. The zero-order valence-electron chi connectivity index (χ0n) is 12.3. The van der Waals surface area contributed by atoms with Crippen LogP contribution in [0.3, 0.4) is 0 Å². The molecule has 0 saturated carbocycles. The number of hydrogen-bond donors (Lipinski definition) is 1. The van der Waals surface area contributed by atoms with Crippen molar-refractivity contribution in [2.75, 3.05) is 13.2 Å². The number of carbonyl (C=O) groups excluding carboxylic acids is 1. The van der Waals surface area contributed by atoms with Gasteiger partial charge < -0.3 is 14.7 Å². The molecule has 1 fully saturated rings. The Kier molecular flexibility index (Phi) is 4.51. The van der Waals surface area contributed by atoms with Crippen molar-refractivity contribution in [1.82, 2.24) is 4.90 Å². The van der Waals surface area contributed by atoms with Crippen molar-refractivity contribution in [2.45, 2.75) is 18.8 Å². The Hall–Kier alpha value is -2.17. The Balaban J connectivity index is 1.72. The topological polar surface area (TPSA) is 49.8 Å². The molecule has 1 aliphatic rings. The highest BCUT2D eigenvalue weighted by atomic mass is 16.5. The summed E-state index contributed by atoms with van der Waals surface area (Å²) >= 11 is 0. The van der Waals surface area contributed by atoms with Crippen LogP contribution in [-0.2, 0) is 16.1 Å². The molecule has 1 amide bonds. The van der Waals surface area contributed by atoms with E-state index in [9.17, 15) is 9.90 Å². The van der Waals surface area contributed by atoms with Gasteiger partial charge in [0.1, 0.15) is 6.10 Å². The Morgan fingerprint density at radius 1 is 1.09 bits per heavy atom. The summed E-state index contributed by atoms with van der Waals surface area (Å²) in [5.41, 5.74) is 1.77. The van der Waals surface area contributed by atoms with Crippen molar-refractivity contribution in [3.63, 3.8) is 0 Å². The van der Waals surface area contributed by atoms with E-state index in [1.165, 1.54) is 0 Å². The normalized spacial score (nSPS) is 20.0. The van der Waals surface area contributed by atoms with Crippen LogP contribution in [0.1, 0.15) is 17.2 Å². The van der Waals surface area contributed by atoms with Gasteiger partial charge in [0, 0.05) is 13.1 Å². The molecule has 0 aliphatic carbocycles. The highest BCUT2D eigenvalue weighted by Gasteiger charge is 2.35. The molecule has 1 aliphatic heterocycles. The van der Waals surface area contributed by atoms with Gasteiger partial charge >= 0.3 is 0 Å². The monoisotopic (exact) mass is 297 g/mol. The molecule has 2 aromatic carbocycles. The summed E-state index contributed by atoms with van der Waals surface area (Å²) in [5.74, 6) is -0.161. The first-order chi connectivity index (χ1) is 10.8. The number of hydrogen-bond acceptors (Lipinski definition) is 3. The third-order valence-electron chi connectivity index (χ3n) is 3.86. The van der Waals surface area contributed by atoms with Crippen LogP contribution in [0.2, 0.25) is 0 Å². The Morgan fingerprint density at radius 2 is 1.73 bits per heavy atom. The molecule has 4 heteroatoms. The number of benzene rings is 2. The second-order valence-electron chi connectivity index (χ2n) is 5.39. The summed E-state index contributed by atoms with van der Waals surface area (Å²) in [7, 11) is 0. The lowest BCUT2D eigenvalue weighted by Gasteiger charge is -2.34. The van der Waals surface area contributed by atoms with E-state index in [0.29, 0.717) is 25.3 Å². The van der Waals surface area contributed by atoms with Crippen LogP contribution in [0.15, 0.2) is 60.7 Å². The number of amides is 1. The molecule has 0 aromatic heterocycles. The molecule has 1 heterocycles. The van der Waals surface area contributed by atoms with Crippen LogP contribution in [-0.4, -0.2) is 35.2 Å². The van der Waals surface area contributed by atoms with Gasteiger partial charge in [-0.15, -0.1) is 0 Å². The highest BCUT2D eigenvalue weighted by molar-refractivity contribution is 5.82. The number of carbonyl (C=O) groups is 1. The lowest BCUT2D eigenvalue weighted by Crippen LogP contribution is -2.49. The Bertz CT molecular complexity index is 615. The third-order valence-corrected chi connectivity index (χ3v) is 3.86. The molecule has 0 radical (unpaired) electrons. The van der Waals surface area contributed by atoms with E-state index in [-0.39, 0.29) is 5.91 Å². The minimum atomic E-state index is -0.938. The average Bonchev–Trinajstić information content (AvgIpc) is 2.58. The maximum atomic E-state index is 12.6. The van der Waals surface area contributed by atoms with E-state index in [1.54, 1.807) is 17.0 Å². The first-order valence-electron chi connectivity index (χ1n) is 7.43.